The van der Waals surface area contributed by atoms with Crippen LogP contribution in [0.5, 0.6) is 5.75 Å². The smallest absolute Gasteiger partial charge is 0.230 e. The number of hydrogen-bond acceptors (Lipinski definition) is 5. The van der Waals surface area contributed by atoms with Crippen molar-refractivity contribution in [1.29, 1.82) is 0 Å². The van der Waals surface area contributed by atoms with Gasteiger partial charge < -0.3 is 13.7 Å². The highest BCUT2D eigenvalue weighted by molar-refractivity contribution is 5.86. The standard InChI is InChI=1S/C17H20N4O2/c1-20-8-7-14-15(20)3-2-4-16(14)23-13-5-9-21(10-6-13)11-17-19-18-12-22-17/h2-4,7-8,12-13H,5-6,9-11H2,1H3. The quantitative estimate of drug-likeness (QED) is 0.741. The lowest BCUT2D eigenvalue weighted by Gasteiger charge is -2.31. The minimum atomic E-state index is 0.264. The van der Waals surface area contributed by atoms with Crippen molar-refractivity contribution in [2.45, 2.75) is 25.5 Å². The predicted octanol–water partition coefficient (Wildman–Crippen LogP) is 2.60. The number of aryl methyl sites for hydroxylation is 1. The molecule has 0 bridgehead atoms. The fourth-order valence-electron chi connectivity index (χ4n) is 3.20. The molecule has 1 aliphatic rings. The van der Waals surface area contributed by atoms with Crippen LogP contribution in [0.25, 0.3) is 10.9 Å². The summed E-state index contributed by atoms with van der Waals surface area (Å²) < 4.78 is 13.6. The Hall–Kier alpha value is -2.34. The topological polar surface area (TPSA) is 56.3 Å². The first-order chi connectivity index (χ1) is 11.3. The number of nitrogens with zero attached hydrogens (tertiary/aromatic N) is 4. The summed E-state index contributed by atoms with van der Waals surface area (Å²) in [4.78, 5) is 2.33. The van der Waals surface area contributed by atoms with Crippen LogP contribution in [0.3, 0.4) is 0 Å². The minimum absolute atomic E-state index is 0.264. The summed E-state index contributed by atoms with van der Waals surface area (Å²) in [6, 6.07) is 8.36. The molecule has 6 nitrogen and oxygen atoms in total. The molecule has 0 saturated carbocycles. The number of aromatic nitrogens is 3. The monoisotopic (exact) mass is 312 g/mol. The Balaban J connectivity index is 1.39. The summed E-state index contributed by atoms with van der Waals surface area (Å²) in [5, 5.41) is 8.84. The molecule has 4 rings (SSSR count). The van der Waals surface area contributed by atoms with Gasteiger partial charge in [-0.05, 0) is 31.0 Å². The van der Waals surface area contributed by atoms with E-state index >= 15 is 0 Å². The van der Waals surface area contributed by atoms with Gasteiger partial charge in [-0.2, -0.15) is 0 Å². The Morgan fingerprint density at radius 2 is 2.13 bits per heavy atom. The van der Waals surface area contributed by atoms with Crippen LogP contribution < -0.4 is 4.74 Å². The molecular weight excluding hydrogens is 292 g/mol. The second-order valence-corrected chi connectivity index (χ2v) is 6.04. The van der Waals surface area contributed by atoms with Crippen molar-refractivity contribution in [2.24, 2.45) is 7.05 Å². The Kier molecular flexibility index (Phi) is 3.75. The van der Waals surface area contributed by atoms with Crippen LogP contribution in [0, 0.1) is 0 Å². The molecule has 0 N–H and O–H groups in total. The van der Waals surface area contributed by atoms with E-state index in [2.05, 4.69) is 57.2 Å². The highest BCUT2D eigenvalue weighted by Crippen LogP contribution is 2.28. The third-order valence-corrected chi connectivity index (χ3v) is 4.48. The molecule has 23 heavy (non-hydrogen) atoms. The molecule has 6 heteroatoms. The summed E-state index contributed by atoms with van der Waals surface area (Å²) in [6.07, 6.45) is 5.74. The van der Waals surface area contributed by atoms with Gasteiger partial charge in [0.1, 0.15) is 11.9 Å². The fraction of sp³-hybridized carbons (Fsp3) is 0.412. The summed E-state index contributed by atoms with van der Waals surface area (Å²) in [5.41, 5.74) is 1.20. The van der Waals surface area contributed by atoms with Crippen LogP contribution in [0.2, 0.25) is 0 Å². The third-order valence-electron chi connectivity index (χ3n) is 4.48. The van der Waals surface area contributed by atoms with E-state index in [-0.39, 0.29) is 6.10 Å². The number of likely N-dealkylation sites (tertiary alicyclic amines) is 1. The van der Waals surface area contributed by atoms with Gasteiger partial charge in [0, 0.05) is 31.7 Å². The van der Waals surface area contributed by atoms with E-state index in [9.17, 15) is 0 Å². The predicted molar refractivity (Wildman–Crippen MR) is 86.1 cm³/mol. The number of rotatable bonds is 4. The summed E-state index contributed by atoms with van der Waals surface area (Å²) in [6.45, 7) is 2.69. The van der Waals surface area contributed by atoms with Crippen molar-refractivity contribution in [3.05, 3.63) is 42.7 Å². The summed E-state index contributed by atoms with van der Waals surface area (Å²) in [7, 11) is 2.06. The van der Waals surface area contributed by atoms with Gasteiger partial charge >= 0.3 is 0 Å². The van der Waals surface area contributed by atoms with Gasteiger partial charge in [-0.3, -0.25) is 4.90 Å². The number of benzene rings is 1. The highest BCUT2D eigenvalue weighted by atomic mass is 16.5. The van der Waals surface area contributed by atoms with E-state index < -0.39 is 0 Å². The lowest BCUT2D eigenvalue weighted by atomic mass is 10.1. The van der Waals surface area contributed by atoms with Crippen LogP contribution in [0.4, 0.5) is 0 Å². The zero-order valence-electron chi connectivity index (χ0n) is 13.2. The molecular formula is C17H20N4O2. The highest BCUT2D eigenvalue weighted by Gasteiger charge is 2.22. The van der Waals surface area contributed by atoms with Crippen molar-refractivity contribution < 1.29 is 9.15 Å². The maximum absolute atomic E-state index is 6.27. The van der Waals surface area contributed by atoms with Gasteiger partial charge in [0.25, 0.3) is 0 Å². The normalized spacial score (nSPS) is 16.9. The Morgan fingerprint density at radius 1 is 1.26 bits per heavy atom. The lowest BCUT2D eigenvalue weighted by molar-refractivity contribution is 0.0929. The van der Waals surface area contributed by atoms with Crippen molar-refractivity contribution >= 4 is 10.9 Å². The molecule has 0 amide bonds. The fourth-order valence-corrected chi connectivity index (χ4v) is 3.20. The van der Waals surface area contributed by atoms with E-state index in [0.29, 0.717) is 5.89 Å². The molecule has 0 unspecified atom stereocenters. The molecule has 3 aromatic rings. The van der Waals surface area contributed by atoms with E-state index in [0.717, 1.165) is 38.2 Å². The largest absolute Gasteiger partial charge is 0.490 e. The van der Waals surface area contributed by atoms with Crippen molar-refractivity contribution in [3.8, 4) is 5.75 Å². The second-order valence-electron chi connectivity index (χ2n) is 6.04. The van der Waals surface area contributed by atoms with Gasteiger partial charge in [-0.1, -0.05) is 6.07 Å². The molecule has 2 aromatic heterocycles. The number of piperidine rings is 1. The maximum atomic E-state index is 6.27. The zero-order valence-corrected chi connectivity index (χ0v) is 13.2. The van der Waals surface area contributed by atoms with Crippen LogP contribution in [-0.4, -0.2) is 38.9 Å². The molecule has 0 atom stereocenters. The Labute approximate surface area is 134 Å². The maximum Gasteiger partial charge on any atom is 0.230 e. The van der Waals surface area contributed by atoms with E-state index in [1.165, 1.54) is 17.3 Å². The molecule has 1 saturated heterocycles. The zero-order chi connectivity index (χ0) is 15.6. The Morgan fingerprint density at radius 3 is 2.91 bits per heavy atom. The first-order valence-corrected chi connectivity index (χ1v) is 7.98. The average Bonchev–Trinajstić information content (AvgIpc) is 3.20. The molecule has 1 aliphatic heterocycles. The molecule has 0 aliphatic carbocycles. The van der Waals surface area contributed by atoms with Gasteiger partial charge in [-0.15, -0.1) is 10.2 Å². The third kappa shape index (κ3) is 2.94. The van der Waals surface area contributed by atoms with E-state index in [1.807, 2.05) is 0 Å². The summed E-state index contributed by atoms with van der Waals surface area (Å²) >= 11 is 0. The molecule has 0 radical (unpaired) electrons. The van der Waals surface area contributed by atoms with Gasteiger partial charge in [-0.25, -0.2) is 0 Å². The minimum Gasteiger partial charge on any atom is -0.490 e. The van der Waals surface area contributed by atoms with Crippen LogP contribution >= 0.6 is 0 Å². The molecule has 1 fully saturated rings. The average molecular weight is 312 g/mol. The lowest BCUT2D eigenvalue weighted by Crippen LogP contribution is -2.37. The Bertz CT molecular complexity index is 773. The van der Waals surface area contributed by atoms with Crippen LogP contribution in [0.1, 0.15) is 18.7 Å². The number of hydrogen-bond donors (Lipinski definition) is 0. The van der Waals surface area contributed by atoms with Crippen LogP contribution in [0.15, 0.2) is 41.3 Å². The number of fused-ring (bicyclic) bond motifs is 1. The van der Waals surface area contributed by atoms with Gasteiger partial charge in [0.2, 0.25) is 12.3 Å². The van der Waals surface area contributed by atoms with Gasteiger partial charge in [0.05, 0.1) is 12.1 Å². The molecule has 1 aromatic carbocycles. The van der Waals surface area contributed by atoms with E-state index in [1.54, 1.807) is 0 Å². The summed E-state index contributed by atoms with van der Waals surface area (Å²) in [5.74, 6) is 1.66. The van der Waals surface area contributed by atoms with Crippen LogP contribution in [-0.2, 0) is 13.6 Å². The first-order valence-electron chi connectivity index (χ1n) is 7.98. The van der Waals surface area contributed by atoms with E-state index in [4.69, 9.17) is 9.15 Å². The van der Waals surface area contributed by atoms with Crippen molar-refractivity contribution in [1.82, 2.24) is 19.7 Å². The molecule has 3 heterocycles. The number of ether oxygens (including phenoxy) is 1. The van der Waals surface area contributed by atoms with Crippen molar-refractivity contribution in [3.63, 3.8) is 0 Å². The first kappa shape index (κ1) is 14.3. The second kappa shape index (κ2) is 6.04. The SMILES string of the molecule is Cn1ccc2c(OC3CCN(Cc4nnco4)CC3)cccc21. The van der Waals surface area contributed by atoms with Crippen molar-refractivity contribution in [2.75, 3.05) is 13.1 Å². The van der Waals surface area contributed by atoms with Gasteiger partial charge in [0.15, 0.2) is 0 Å². The molecule has 120 valence electrons. The molecule has 0 spiro atoms.